The standard InChI is InChI=1S/C20H19FN2O2S/c1-12-18(13(2)24)19(23-20(26)22-12)14-7-9-16(10-8-14)25-11-15-5-3-4-6-17(15)21/h3-10,19H,11H2,1-2H3,(H2,22,23,26). The number of carbonyl (C=O) groups excluding carboxylic acids is 1. The summed E-state index contributed by atoms with van der Waals surface area (Å²) < 4.78 is 19.3. The van der Waals surface area contributed by atoms with E-state index in [1.165, 1.54) is 13.0 Å². The number of nitrogens with one attached hydrogen (secondary N) is 2. The van der Waals surface area contributed by atoms with Gasteiger partial charge in [0.25, 0.3) is 0 Å². The summed E-state index contributed by atoms with van der Waals surface area (Å²) >= 11 is 5.21. The van der Waals surface area contributed by atoms with Gasteiger partial charge in [0.15, 0.2) is 10.9 Å². The number of hydrogen-bond donors (Lipinski definition) is 2. The molecule has 0 spiro atoms. The van der Waals surface area contributed by atoms with E-state index >= 15 is 0 Å². The predicted octanol–water partition coefficient (Wildman–Crippen LogP) is 3.79. The van der Waals surface area contributed by atoms with Gasteiger partial charge in [0.05, 0.1) is 6.04 Å². The molecule has 0 saturated carbocycles. The van der Waals surface area contributed by atoms with E-state index in [1.54, 1.807) is 30.3 Å². The highest BCUT2D eigenvalue weighted by Crippen LogP contribution is 2.28. The third-order valence-corrected chi connectivity index (χ3v) is 4.43. The number of rotatable bonds is 5. The molecule has 1 aliphatic rings. The minimum absolute atomic E-state index is 0.0186. The second kappa shape index (κ2) is 7.66. The van der Waals surface area contributed by atoms with Crippen molar-refractivity contribution in [1.82, 2.24) is 10.6 Å². The summed E-state index contributed by atoms with van der Waals surface area (Å²) in [6, 6.07) is 13.6. The van der Waals surface area contributed by atoms with Crippen molar-refractivity contribution in [2.45, 2.75) is 26.5 Å². The van der Waals surface area contributed by atoms with Crippen LogP contribution in [0.3, 0.4) is 0 Å². The van der Waals surface area contributed by atoms with Gasteiger partial charge in [-0.05, 0) is 49.8 Å². The Labute approximate surface area is 157 Å². The van der Waals surface area contributed by atoms with Gasteiger partial charge in [-0.3, -0.25) is 4.79 Å². The molecule has 1 aliphatic heterocycles. The van der Waals surface area contributed by atoms with Crippen LogP contribution in [0.1, 0.15) is 31.0 Å². The van der Waals surface area contributed by atoms with E-state index in [2.05, 4.69) is 10.6 Å². The molecule has 0 aromatic heterocycles. The van der Waals surface area contributed by atoms with Crippen molar-refractivity contribution in [2.75, 3.05) is 0 Å². The van der Waals surface area contributed by atoms with Crippen LogP contribution in [0.15, 0.2) is 59.8 Å². The lowest BCUT2D eigenvalue weighted by Crippen LogP contribution is -2.44. The molecule has 3 rings (SSSR count). The number of carbonyl (C=O) groups is 1. The molecule has 1 atom stereocenters. The zero-order valence-corrected chi connectivity index (χ0v) is 15.3. The fraction of sp³-hybridized carbons (Fsp3) is 0.200. The molecule has 2 aromatic carbocycles. The summed E-state index contributed by atoms with van der Waals surface area (Å²) in [6.07, 6.45) is 0. The lowest BCUT2D eigenvalue weighted by molar-refractivity contribution is -0.114. The molecule has 2 aromatic rings. The van der Waals surface area contributed by atoms with Crippen molar-refractivity contribution in [3.63, 3.8) is 0 Å². The van der Waals surface area contributed by atoms with Gasteiger partial charge >= 0.3 is 0 Å². The molecule has 0 amide bonds. The number of thiocarbonyl (C=S) groups is 1. The second-order valence-corrected chi connectivity index (χ2v) is 6.48. The zero-order chi connectivity index (χ0) is 18.7. The SMILES string of the molecule is CC(=O)C1=C(C)NC(=S)NC1c1ccc(OCc2ccccc2F)cc1. The first-order chi connectivity index (χ1) is 12.5. The zero-order valence-electron chi connectivity index (χ0n) is 14.5. The molecule has 134 valence electrons. The normalized spacial score (nSPS) is 16.7. The number of halogens is 1. The molecule has 1 heterocycles. The van der Waals surface area contributed by atoms with Crippen LogP contribution in [0, 0.1) is 5.82 Å². The molecule has 0 fully saturated rings. The Kier molecular flexibility index (Phi) is 5.32. The highest BCUT2D eigenvalue weighted by atomic mass is 32.1. The lowest BCUT2D eigenvalue weighted by Gasteiger charge is -2.29. The van der Waals surface area contributed by atoms with Crippen LogP contribution in [-0.4, -0.2) is 10.9 Å². The minimum Gasteiger partial charge on any atom is -0.489 e. The number of benzene rings is 2. The number of hydrogen-bond acceptors (Lipinski definition) is 3. The van der Waals surface area contributed by atoms with Crippen LogP contribution < -0.4 is 15.4 Å². The molecule has 2 N–H and O–H groups in total. The fourth-order valence-electron chi connectivity index (χ4n) is 2.94. The topological polar surface area (TPSA) is 50.4 Å². The molecule has 0 radical (unpaired) electrons. The Morgan fingerprint density at radius 2 is 1.88 bits per heavy atom. The maximum atomic E-state index is 13.6. The highest BCUT2D eigenvalue weighted by molar-refractivity contribution is 7.80. The Balaban J connectivity index is 1.76. The first kappa shape index (κ1) is 18.1. The van der Waals surface area contributed by atoms with Gasteiger partial charge in [0.1, 0.15) is 18.2 Å². The summed E-state index contributed by atoms with van der Waals surface area (Å²) in [7, 11) is 0. The van der Waals surface area contributed by atoms with Gasteiger partial charge < -0.3 is 15.4 Å². The Morgan fingerprint density at radius 1 is 1.19 bits per heavy atom. The van der Waals surface area contributed by atoms with Crippen molar-refractivity contribution in [3.05, 3.63) is 76.7 Å². The van der Waals surface area contributed by atoms with E-state index < -0.39 is 0 Å². The number of ketones is 1. The summed E-state index contributed by atoms with van der Waals surface area (Å²) in [5, 5.41) is 6.60. The molecule has 0 saturated heterocycles. The minimum atomic E-state index is -0.304. The smallest absolute Gasteiger partial charge is 0.171 e. The van der Waals surface area contributed by atoms with Gasteiger partial charge in [0, 0.05) is 16.8 Å². The molecule has 4 nitrogen and oxygen atoms in total. The van der Waals surface area contributed by atoms with Crippen molar-refractivity contribution in [1.29, 1.82) is 0 Å². The van der Waals surface area contributed by atoms with Crippen LogP contribution in [0.4, 0.5) is 4.39 Å². The molecule has 0 bridgehead atoms. The van der Waals surface area contributed by atoms with E-state index in [9.17, 15) is 9.18 Å². The largest absolute Gasteiger partial charge is 0.489 e. The van der Waals surface area contributed by atoms with Gasteiger partial charge in [-0.1, -0.05) is 30.3 Å². The van der Waals surface area contributed by atoms with Crippen molar-refractivity contribution >= 4 is 23.1 Å². The van der Waals surface area contributed by atoms with Crippen molar-refractivity contribution in [3.8, 4) is 5.75 Å². The molecular weight excluding hydrogens is 351 g/mol. The first-order valence-electron chi connectivity index (χ1n) is 8.21. The van der Waals surface area contributed by atoms with E-state index in [0.29, 0.717) is 22.0 Å². The molecular formula is C20H19FN2O2S. The summed E-state index contributed by atoms with van der Waals surface area (Å²) in [4.78, 5) is 12.0. The Morgan fingerprint density at radius 3 is 2.54 bits per heavy atom. The van der Waals surface area contributed by atoms with Crippen LogP contribution in [0.25, 0.3) is 0 Å². The number of ether oxygens (including phenoxy) is 1. The van der Waals surface area contributed by atoms with E-state index in [0.717, 1.165) is 11.3 Å². The lowest BCUT2D eigenvalue weighted by atomic mass is 9.93. The Bertz CT molecular complexity index is 878. The van der Waals surface area contributed by atoms with Crippen molar-refractivity contribution in [2.24, 2.45) is 0 Å². The summed E-state index contributed by atoms with van der Waals surface area (Å²) in [6.45, 7) is 3.53. The molecule has 6 heteroatoms. The Hall–Kier alpha value is -2.73. The molecule has 1 unspecified atom stereocenters. The van der Waals surface area contributed by atoms with Gasteiger partial charge in [-0.15, -0.1) is 0 Å². The van der Waals surface area contributed by atoms with Gasteiger partial charge in [-0.2, -0.15) is 0 Å². The average Bonchev–Trinajstić information content (AvgIpc) is 2.60. The van der Waals surface area contributed by atoms with Crippen molar-refractivity contribution < 1.29 is 13.9 Å². The number of Topliss-reactive ketones (excluding diaryl/α,β-unsaturated/α-hetero) is 1. The summed E-state index contributed by atoms with van der Waals surface area (Å²) in [5.41, 5.74) is 2.81. The maximum Gasteiger partial charge on any atom is 0.171 e. The predicted molar refractivity (Wildman–Crippen MR) is 102 cm³/mol. The van der Waals surface area contributed by atoms with Crippen LogP contribution in [0.2, 0.25) is 0 Å². The quantitative estimate of drug-likeness (QED) is 0.785. The van der Waals surface area contributed by atoms with Crippen LogP contribution in [0.5, 0.6) is 5.75 Å². The first-order valence-corrected chi connectivity index (χ1v) is 8.62. The third-order valence-electron chi connectivity index (χ3n) is 4.21. The van der Waals surface area contributed by atoms with Crippen LogP contribution in [-0.2, 0) is 11.4 Å². The average molecular weight is 370 g/mol. The van der Waals surface area contributed by atoms with Gasteiger partial charge in [-0.25, -0.2) is 4.39 Å². The van der Waals surface area contributed by atoms with E-state index in [1.807, 2.05) is 19.1 Å². The highest BCUT2D eigenvalue weighted by Gasteiger charge is 2.27. The fourth-order valence-corrected chi connectivity index (χ4v) is 3.21. The van der Waals surface area contributed by atoms with Crippen LogP contribution >= 0.6 is 12.2 Å². The second-order valence-electron chi connectivity index (χ2n) is 6.08. The molecule has 0 aliphatic carbocycles. The van der Waals surface area contributed by atoms with Gasteiger partial charge in [0.2, 0.25) is 0 Å². The van der Waals surface area contributed by atoms with E-state index in [4.69, 9.17) is 17.0 Å². The number of allylic oxidation sites excluding steroid dienone is 1. The van der Waals surface area contributed by atoms with E-state index in [-0.39, 0.29) is 24.2 Å². The third kappa shape index (κ3) is 3.91. The summed E-state index contributed by atoms with van der Waals surface area (Å²) in [5.74, 6) is 0.316. The monoisotopic (exact) mass is 370 g/mol. The maximum absolute atomic E-state index is 13.6. The molecule has 26 heavy (non-hydrogen) atoms.